The highest BCUT2D eigenvalue weighted by Crippen LogP contribution is 2.31. The second kappa shape index (κ2) is 4.26. The number of anilines is 1. The third-order valence-corrected chi connectivity index (χ3v) is 4.84. The van der Waals surface area contributed by atoms with Crippen LogP contribution in [0.2, 0.25) is 0 Å². The van der Waals surface area contributed by atoms with Gasteiger partial charge in [0, 0.05) is 12.2 Å². The van der Waals surface area contributed by atoms with Crippen LogP contribution < -0.4 is 5.32 Å². The summed E-state index contributed by atoms with van der Waals surface area (Å²) in [5, 5.41) is 3.50. The highest BCUT2D eigenvalue weighted by Gasteiger charge is 2.20. The van der Waals surface area contributed by atoms with E-state index >= 15 is 0 Å². The molecule has 1 N–H and O–H groups in total. The summed E-state index contributed by atoms with van der Waals surface area (Å²) < 4.78 is 2.43. The maximum absolute atomic E-state index is 4.53. The lowest BCUT2D eigenvalue weighted by Crippen LogP contribution is -2.02. The van der Waals surface area contributed by atoms with E-state index in [-0.39, 0.29) is 0 Å². The molecule has 1 heterocycles. The summed E-state index contributed by atoms with van der Waals surface area (Å²) in [4.78, 5) is 4.53. The number of nitrogens with zero attached hydrogens (tertiary/aromatic N) is 1. The first-order valence-electron chi connectivity index (χ1n) is 5.53. The SMILES string of the molecule is CSc1nc2ccc(NCC3CC3)cc2s1. The van der Waals surface area contributed by atoms with Crippen LogP contribution in [-0.4, -0.2) is 17.8 Å². The molecule has 0 bridgehead atoms. The smallest absolute Gasteiger partial charge is 0.150 e. The summed E-state index contributed by atoms with van der Waals surface area (Å²) in [6, 6.07) is 6.46. The summed E-state index contributed by atoms with van der Waals surface area (Å²) in [5.41, 5.74) is 2.35. The summed E-state index contributed by atoms with van der Waals surface area (Å²) >= 11 is 3.49. The highest BCUT2D eigenvalue weighted by atomic mass is 32.2. The standard InChI is InChI=1S/C12H14N2S2/c1-15-12-14-10-5-4-9(6-11(10)16-12)13-7-8-2-3-8/h4-6,8,13H,2-3,7H2,1H3. The highest BCUT2D eigenvalue weighted by molar-refractivity contribution is 8.00. The number of aromatic nitrogens is 1. The molecule has 0 unspecified atom stereocenters. The van der Waals surface area contributed by atoms with E-state index in [1.165, 1.54) is 23.2 Å². The van der Waals surface area contributed by atoms with E-state index in [1.54, 1.807) is 23.1 Å². The Morgan fingerprint density at radius 1 is 1.50 bits per heavy atom. The molecule has 0 spiro atoms. The van der Waals surface area contributed by atoms with E-state index in [9.17, 15) is 0 Å². The van der Waals surface area contributed by atoms with Crippen LogP contribution in [0.25, 0.3) is 10.2 Å². The largest absolute Gasteiger partial charge is 0.385 e. The number of rotatable bonds is 4. The normalized spacial score (nSPS) is 15.6. The van der Waals surface area contributed by atoms with Crippen molar-refractivity contribution < 1.29 is 0 Å². The van der Waals surface area contributed by atoms with Gasteiger partial charge in [0.05, 0.1) is 10.2 Å². The maximum Gasteiger partial charge on any atom is 0.150 e. The second-order valence-electron chi connectivity index (χ2n) is 4.19. The van der Waals surface area contributed by atoms with Crippen LogP contribution in [0.4, 0.5) is 5.69 Å². The Hall–Kier alpha value is -0.740. The minimum Gasteiger partial charge on any atom is -0.385 e. The minimum absolute atomic E-state index is 0.916. The van der Waals surface area contributed by atoms with E-state index in [2.05, 4.69) is 34.8 Å². The predicted molar refractivity (Wildman–Crippen MR) is 72.6 cm³/mol. The number of fused-ring (bicyclic) bond motifs is 1. The zero-order chi connectivity index (χ0) is 11.0. The summed E-state index contributed by atoms with van der Waals surface area (Å²) in [7, 11) is 0. The Labute approximate surface area is 103 Å². The maximum atomic E-state index is 4.53. The zero-order valence-electron chi connectivity index (χ0n) is 9.19. The number of thiazole rings is 1. The molecule has 84 valence electrons. The monoisotopic (exact) mass is 250 g/mol. The first kappa shape index (κ1) is 10.4. The molecular formula is C12H14N2S2. The Kier molecular flexibility index (Phi) is 2.77. The van der Waals surface area contributed by atoms with E-state index < -0.39 is 0 Å². The molecule has 1 aromatic heterocycles. The molecule has 0 aliphatic heterocycles. The van der Waals surface area contributed by atoms with Gasteiger partial charge in [-0.3, -0.25) is 0 Å². The van der Waals surface area contributed by atoms with E-state index in [1.807, 2.05) is 0 Å². The Morgan fingerprint density at radius 3 is 3.12 bits per heavy atom. The lowest BCUT2D eigenvalue weighted by molar-refractivity contribution is 0.890. The fourth-order valence-electron chi connectivity index (χ4n) is 1.68. The van der Waals surface area contributed by atoms with Gasteiger partial charge in [-0.25, -0.2) is 4.98 Å². The van der Waals surface area contributed by atoms with Gasteiger partial charge >= 0.3 is 0 Å². The van der Waals surface area contributed by atoms with Gasteiger partial charge in [0.15, 0.2) is 4.34 Å². The van der Waals surface area contributed by atoms with Crippen molar-refractivity contribution in [2.45, 2.75) is 17.2 Å². The second-order valence-corrected chi connectivity index (χ2v) is 6.27. The van der Waals surface area contributed by atoms with Gasteiger partial charge in [0.2, 0.25) is 0 Å². The third kappa shape index (κ3) is 2.18. The average molecular weight is 250 g/mol. The molecule has 0 amide bonds. The first-order valence-corrected chi connectivity index (χ1v) is 7.58. The molecule has 1 saturated carbocycles. The van der Waals surface area contributed by atoms with Gasteiger partial charge in [0.25, 0.3) is 0 Å². The van der Waals surface area contributed by atoms with Crippen LogP contribution in [0.3, 0.4) is 0 Å². The molecule has 0 saturated heterocycles. The summed E-state index contributed by atoms with van der Waals surface area (Å²) in [6.45, 7) is 1.12. The molecule has 0 radical (unpaired) electrons. The minimum atomic E-state index is 0.916. The quantitative estimate of drug-likeness (QED) is 0.835. The molecule has 1 aliphatic carbocycles. The van der Waals surface area contributed by atoms with Crippen molar-refractivity contribution in [1.82, 2.24) is 4.98 Å². The molecule has 1 fully saturated rings. The Bertz CT molecular complexity index is 503. The lowest BCUT2D eigenvalue weighted by atomic mass is 10.3. The van der Waals surface area contributed by atoms with Crippen molar-refractivity contribution in [3.05, 3.63) is 18.2 Å². The average Bonchev–Trinajstić information content (AvgIpc) is 3.04. The molecule has 3 rings (SSSR count). The first-order chi connectivity index (χ1) is 7.85. The lowest BCUT2D eigenvalue weighted by Gasteiger charge is -2.04. The van der Waals surface area contributed by atoms with Crippen LogP contribution in [0.5, 0.6) is 0 Å². The summed E-state index contributed by atoms with van der Waals surface area (Å²) in [6.07, 6.45) is 4.86. The molecule has 2 aromatic rings. The molecule has 16 heavy (non-hydrogen) atoms. The van der Waals surface area contributed by atoms with E-state index in [0.29, 0.717) is 0 Å². The van der Waals surface area contributed by atoms with Crippen LogP contribution >= 0.6 is 23.1 Å². The number of hydrogen-bond acceptors (Lipinski definition) is 4. The van der Waals surface area contributed by atoms with Crippen molar-refractivity contribution in [3.63, 3.8) is 0 Å². The topological polar surface area (TPSA) is 24.9 Å². The van der Waals surface area contributed by atoms with Gasteiger partial charge < -0.3 is 5.32 Å². The van der Waals surface area contributed by atoms with Gasteiger partial charge in [0.1, 0.15) is 0 Å². The van der Waals surface area contributed by atoms with Crippen molar-refractivity contribution in [2.75, 3.05) is 18.1 Å². The predicted octanol–water partition coefficient (Wildman–Crippen LogP) is 3.84. The Morgan fingerprint density at radius 2 is 2.38 bits per heavy atom. The Balaban J connectivity index is 1.82. The fourth-order valence-corrected chi connectivity index (χ4v) is 3.21. The van der Waals surface area contributed by atoms with Crippen molar-refractivity contribution >= 4 is 39.0 Å². The van der Waals surface area contributed by atoms with Gasteiger partial charge in [-0.15, -0.1) is 11.3 Å². The van der Waals surface area contributed by atoms with Crippen LogP contribution in [0.15, 0.2) is 22.5 Å². The van der Waals surface area contributed by atoms with Gasteiger partial charge in [-0.1, -0.05) is 11.8 Å². The third-order valence-electron chi connectivity index (χ3n) is 2.84. The number of hydrogen-bond donors (Lipinski definition) is 1. The molecule has 0 atom stereocenters. The molecule has 4 heteroatoms. The zero-order valence-corrected chi connectivity index (χ0v) is 10.8. The number of nitrogens with one attached hydrogen (secondary N) is 1. The van der Waals surface area contributed by atoms with Crippen molar-refractivity contribution in [1.29, 1.82) is 0 Å². The molecule has 1 aromatic carbocycles. The molecule has 2 nitrogen and oxygen atoms in total. The van der Waals surface area contributed by atoms with Crippen LogP contribution in [0.1, 0.15) is 12.8 Å². The molecular weight excluding hydrogens is 236 g/mol. The van der Waals surface area contributed by atoms with E-state index in [0.717, 1.165) is 22.3 Å². The van der Waals surface area contributed by atoms with Gasteiger partial charge in [-0.05, 0) is 43.2 Å². The fraction of sp³-hybridized carbons (Fsp3) is 0.417. The van der Waals surface area contributed by atoms with Crippen molar-refractivity contribution in [2.24, 2.45) is 5.92 Å². The molecule has 1 aliphatic rings. The number of thioether (sulfide) groups is 1. The van der Waals surface area contributed by atoms with E-state index in [4.69, 9.17) is 0 Å². The van der Waals surface area contributed by atoms with Gasteiger partial charge in [-0.2, -0.15) is 0 Å². The van der Waals surface area contributed by atoms with Crippen LogP contribution in [-0.2, 0) is 0 Å². The van der Waals surface area contributed by atoms with Crippen LogP contribution in [0, 0.1) is 5.92 Å². The van der Waals surface area contributed by atoms with Crippen molar-refractivity contribution in [3.8, 4) is 0 Å². The summed E-state index contributed by atoms with van der Waals surface area (Å²) in [5.74, 6) is 0.916. The number of benzene rings is 1.